The summed E-state index contributed by atoms with van der Waals surface area (Å²) in [6.07, 6.45) is 6.59. The van der Waals surface area contributed by atoms with E-state index in [2.05, 4.69) is 140 Å². The minimum atomic E-state index is 0.723. The highest BCUT2D eigenvalue weighted by molar-refractivity contribution is 7.26. The Morgan fingerprint density at radius 1 is 0.490 bits per heavy atom. The van der Waals surface area contributed by atoms with Gasteiger partial charge in [0, 0.05) is 64.5 Å². The molecule has 0 amide bonds. The minimum absolute atomic E-state index is 0.723. The maximum absolute atomic E-state index is 5.27. The first-order valence-electron chi connectivity index (χ1n) is 17.4. The molecule has 51 heavy (non-hydrogen) atoms. The Kier molecular flexibility index (Phi) is 7.14. The molecule has 0 bridgehead atoms. The van der Waals surface area contributed by atoms with E-state index in [9.17, 15) is 0 Å². The van der Waals surface area contributed by atoms with Crippen LogP contribution >= 0.6 is 11.3 Å². The van der Waals surface area contributed by atoms with Gasteiger partial charge in [-0.1, -0.05) is 152 Å². The third kappa shape index (κ3) is 5.15. The summed E-state index contributed by atoms with van der Waals surface area (Å²) < 4.78 is 2.61. The van der Waals surface area contributed by atoms with E-state index in [1.54, 1.807) is 0 Å². The van der Waals surface area contributed by atoms with Crippen molar-refractivity contribution in [3.63, 3.8) is 0 Å². The fourth-order valence-corrected chi connectivity index (χ4v) is 8.74. The van der Waals surface area contributed by atoms with Crippen molar-refractivity contribution >= 4 is 48.4 Å². The van der Waals surface area contributed by atoms with Crippen LogP contribution < -0.4 is 0 Å². The highest BCUT2D eigenvalue weighted by Crippen LogP contribution is 2.46. The van der Waals surface area contributed by atoms with Crippen molar-refractivity contribution in [1.29, 1.82) is 0 Å². The lowest BCUT2D eigenvalue weighted by atomic mass is 9.91. The van der Waals surface area contributed by atoms with Gasteiger partial charge in [0.05, 0.1) is 17.1 Å². The monoisotopic (exact) mass is 669 g/mol. The first-order chi connectivity index (χ1) is 25.3. The predicted octanol–water partition coefficient (Wildman–Crippen LogP) is 12.7. The Morgan fingerprint density at radius 2 is 1.14 bits per heavy atom. The molecule has 0 atom stereocenters. The summed E-state index contributed by atoms with van der Waals surface area (Å²) in [4.78, 5) is 15.3. The van der Waals surface area contributed by atoms with Gasteiger partial charge in [-0.2, -0.15) is 0 Å². The largest absolute Gasteiger partial charge is 0.252 e. The number of benzene rings is 6. The van der Waals surface area contributed by atoms with Crippen LogP contribution in [-0.2, 0) is 6.42 Å². The van der Waals surface area contributed by atoms with Crippen LogP contribution in [0.15, 0.2) is 158 Å². The minimum Gasteiger partial charge on any atom is -0.252 e. The normalized spacial score (nSPS) is 12.5. The SMILES string of the molecule is C1=Cc2c(nc(-c3ccccc3)c3ccc4sc5c(-c6ccc(-c7cc(-c8ccccc8)nc(-c8ccccc8)n7)cc6)cccc5c4c23)CC1. The number of pyridine rings is 1. The van der Waals surface area contributed by atoms with Crippen molar-refractivity contribution < 1.29 is 0 Å². The Morgan fingerprint density at radius 3 is 1.86 bits per heavy atom. The van der Waals surface area contributed by atoms with Crippen LogP contribution in [0.1, 0.15) is 17.7 Å². The molecule has 1 aliphatic rings. The van der Waals surface area contributed by atoms with Crippen molar-refractivity contribution in [2.45, 2.75) is 12.8 Å². The van der Waals surface area contributed by atoms with Gasteiger partial charge in [0.2, 0.25) is 0 Å². The highest BCUT2D eigenvalue weighted by Gasteiger charge is 2.21. The summed E-state index contributed by atoms with van der Waals surface area (Å²) in [5.41, 5.74) is 12.1. The number of aromatic nitrogens is 3. The maximum Gasteiger partial charge on any atom is 0.160 e. The van der Waals surface area contributed by atoms with E-state index in [-0.39, 0.29) is 0 Å². The lowest BCUT2D eigenvalue weighted by molar-refractivity contribution is 0.936. The molecule has 10 rings (SSSR count). The average molecular weight is 670 g/mol. The lowest BCUT2D eigenvalue weighted by Gasteiger charge is -2.17. The first-order valence-corrected chi connectivity index (χ1v) is 18.2. The van der Waals surface area contributed by atoms with Gasteiger partial charge in [-0.05, 0) is 36.1 Å². The van der Waals surface area contributed by atoms with Crippen LogP contribution in [0.5, 0.6) is 0 Å². The Labute approximate surface area is 300 Å². The molecule has 0 saturated carbocycles. The molecule has 0 N–H and O–H groups in total. The summed E-state index contributed by atoms with van der Waals surface area (Å²) in [6, 6.07) is 53.5. The zero-order valence-electron chi connectivity index (χ0n) is 27.8. The number of hydrogen-bond acceptors (Lipinski definition) is 4. The molecule has 0 aliphatic heterocycles. The van der Waals surface area contributed by atoms with Crippen LogP contribution in [-0.4, -0.2) is 15.0 Å². The number of hydrogen-bond donors (Lipinski definition) is 0. The van der Waals surface area contributed by atoms with E-state index in [1.807, 2.05) is 35.6 Å². The van der Waals surface area contributed by atoms with Crippen molar-refractivity contribution in [2.75, 3.05) is 0 Å². The molecular formula is C47H31N3S. The zero-order valence-corrected chi connectivity index (χ0v) is 28.6. The standard InChI is InChI=1S/C47H31N3S/c1-4-13-31(14-5-1)40-29-41(50-47(49-40)34-17-8-3-9-18-34)32-25-23-30(24-26-32)35-20-12-21-38-44-42(51-46(35)38)28-27-37-43(44)36-19-10-11-22-39(36)48-45(37)33-15-6-2-7-16-33/h1-10,12-21,23-29H,11,22H2. The maximum atomic E-state index is 5.27. The number of nitrogens with zero attached hydrogens (tertiary/aromatic N) is 3. The molecule has 3 aromatic heterocycles. The van der Waals surface area contributed by atoms with E-state index in [4.69, 9.17) is 15.0 Å². The molecule has 0 unspecified atom stereocenters. The zero-order chi connectivity index (χ0) is 33.7. The van der Waals surface area contributed by atoms with Gasteiger partial charge in [-0.25, -0.2) is 9.97 Å². The second-order valence-electron chi connectivity index (χ2n) is 13.0. The Hall–Kier alpha value is -6.23. The molecule has 240 valence electrons. The summed E-state index contributed by atoms with van der Waals surface area (Å²) in [5.74, 6) is 0.723. The van der Waals surface area contributed by atoms with Gasteiger partial charge < -0.3 is 0 Å². The number of fused-ring (bicyclic) bond motifs is 7. The smallest absolute Gasteiger partial charge is 0.160 e. The van der Waals surface area contributed by atoms with E-state index in [0.29, 0.717) is 0 Å². The van der Waals surface area contributed by atoms with Gasteiger partial charge in [-0.3, -0.25) is 4.98 Å². The second kappa shape index (κ2) is 12.3. The Balaban J connectivity index is 1.12. The quantitative estimate of drug-likeness (QED) is 0.183. The van der Waals surface area contributed by atoms with Gasteiger partial charge in [0.1, 0.15) is 0 Å². The second-order valence-corrected chi connectivity index (χ2v) is 14.1. The molecule has 1 aliphatic carbocycles. The third-order valence-corrected chi connectivity index (χ3v) is 11.1. The molecule has 0 fully saturated rings. The van der Waals surface area contributed by atoms with Crippen LogP contribution in [0.3, 0.4) is 0 Å². The van der Waals surface area contributed by atoms with E-state index in [0.717, 1.165) is 58.0 Å². The van der Waals surface area contributed by atoms with Crippen LogP contribution in [0, 0.1) is 0 Å². The van der Waals surface area contributed by atoms with E-state index in [1.165, 1.54) is 53.3 Å². The van der Waals surface area contributed by atoms with Crippen LogP contribution in [0.2, 0.25) is 0 Å². The van der Waals surface area contributed by atoms with Crippen molar-refractivity contribution in [2.24, 2.45) is 0 Å². The topological polar surface area (TPSA) is 38.7 Å². The molecule has 3 heterocycles. The third-order valence-electron chi connectivity index (χ3n) is 9.94. The fourth-order valence-electron chi connectivity index (χ4n) is 7.49. The lowest BCUT2D eigenvalue weighted by Crippen LogP contribution is -2.02. The molecule has 0 spiro atoms. The summed E-state index contributed by atoms with van der Waals surface area (Å²) in [6.45, 7) is 0. The predicted molar refractivity (Wildman–Crippen MR) is 215 cm³/mol. The highest BCUT2D eigenvalue weighted by atomic mass is 32.1. The Bertz CT molecular complexity index is 2710. The summed E-state index contributed by atoms with van der Waals surface area (Å²) in [7, 11) is 0. The average Bonchev–Trinajstić information content (AvgIpc) is 3.61. The van der Waals surface area contributed by atoms with Gasteiger partial charge in [0.25, 0.3) is 0 Å². The van der Waals surface area contributed by atoms with E-state index >= 15 is 0 Å². The van der Waals surface area contributed by atoms with Gasteiger partial charge >= 0.3 is 0 Å². The molecule has 9 aromatic rings. The molecule has 4 heteroatoms. The first kappa shape index (κ1) is 29.7. The number of rotatable bonds is 5. The summed E-state index contributed by atoms with van der Waals surface area (Å²) in [5, 5.41) is 5.15. The summed E-state index contributed by atoms with van der Waals surface area (Å²) >= 11 is 1.88. The van der Waals surface area contributed by atoms with Gasteiger partial charge in [0.15, 0.2) is 5.82 Å². The number of allylic oxidation sites excluding steroid dienone is 1. The van der Waals surface area contributed by atoms with Crippen molar-refractivity contribution in [3.05, 3.63) is 169 Å². The molecule has 0 radical (unpaired) electrons. The molecule has 0 saturated heterocycles. The van der Waals surface area contributed by atoms with Crippen LogP contribution in [0.25, 0.3) is 93.3 Å². The van der Waals surface area contributed by atoms with Crippen molar-refractivity contribution in [3.8, 4) is 56.3 Å². The molecular weight excluding hydrogens is 639 g/mol. The van der Waals surface area contributed by atoms with E-state index < -0.39 is 0 Å². The molecule has 6 aromatic carbocycles. The van der Waals surface area contributed by atoms with Crippen molar-refractivity contribution in [1.82, 2.24) is 15.0 Å². The van der Waals surface area contributed by atoms with Gasteiger partial charge in [-0.15, -0.1) is 11.3 Å². The van der Waals surface area contributed by atoms with Crippen LogP contribution in [0.4, 0.5) is 0 Å². The number of aryl methyl sites for hydroxylation is 1. The fraction of sp³-hybridized carbons (Fsp3) is 0.0426. The molecule has 3 nitrogen and oxygen atoms in total. The number of thiophene rings is 1.